The zero-order valence-electron chi connectivity index (χ0n) is 14.0. The van der Waals surface area contributed by atoms with E-state index >= 15 is 0 Å². The van der Waals surface area contributed by atoms with Crippen LogP contribution in [0, 0.1) is 5.92 Å². The fraction of sp³-hybridized carbons (Fsp3) is 0.938. The van der Waals surface area contributed by atoms with Crippen LogP contribution in [0.3, 0.4) is 0 Å². The fourth-order valence-corrected chi connectivity index (χ4v) is 4.62. The van der Waals surface area contributed by atoms with Gasteiger partial charge < -0.3 is 9.74 Å². The monoisotopic (exact) mass is 297 g/mol. The fourth-order valence-electron chi connectivity index (χ4n) is 3.21. The Hall–Kier alpha value is -0.193. The molecule has 0 aromatic rings. The van der Waals surface area contributed by atoms with E-state index < -0.39 is 8.32 Å². The standard InChI is InChI=1S/C16H31NO2Si/c1-11-15(19-20(5,6)16(2,3)4)10-12-13(17-11)8-7-9-14(12)18/h11-13,15,17H,7-10H2,1-6H3/t11-,12+,13+,15-/m0/s1. The number of nitrogens with one attached hydrogen (secondary N) is 1. The van der Waals surface area contributed by atoms with Gasteiger partial charge in [0.1, 0.15) is 5.78 Å². The number of hydrogen-bond donors (Lipinski definition) is 1. The van der Waals surface area contributed by atoms with E-state index in [1.165, 1.54) is 0 Å². The SMILES string of the molecule is C[C@@H]1N[C@@H]2CCCC(=O)[C@@H]2C[C@@H]1O[Si](C)(C)C(C)(C)C. The second-order valence-corrected chi connectivity index (χ2v) is 12.9. The molecule has 0 aromatic carbocycles. The normalized spacial score (nSPS) is 35.8. The lowest BCUT2D eigenvalue weighted by atomic mass is 9.76. The zero-order chi connectivity index (χ0) is 15.1. The first-order chi connectivity index (χ1) is 9.12. The van der Waals surface area contributed by atoms with Gasteiger partial charge in [0.25, 0.3) is 0 Å². The van der Waals surface area contributed by atoms with Gasteiger partial charge in [-0.25, -0.2) is 0 Å². The summed E-state index contributed by atoms with van der Waals surface area (Å²) in [5, 5.41) is 3.87. The van der Waals surface area contributed by atoms with Gasteiger partial charge in [0, 0.05) is 24.4 Å². The summed E-state index contributed by atoms with van der Waals surface area (Å²) in [7, 11) is -1.76. The molecule has 0 aromatic heterocycles. The van der Waals surface area contributed by atoms with Crippen molar-refractivity contribution in [3.8, 4) is 0 Å². The summed E-state index contributed by atoms with van der Waals surface area (Å²) in [6, 6.07) is 0.752. The number of fused-ring (bicyclic) bond motifs is 1. The van der Waals surface area contributed by atoms with Crippen molar-refractivity contribution in [1.82, 2.24) is 5.32 Å². The van der Waals surface area contributed by atoms with Crippen molar-refractivity contribution in [1.29, 1.82) is 0 Å². The predicted octanol–water partition coefficient (Wildman–Crippen LogP) is 3.50. The molecule has 4 heteroatoms. The molecule has 0 radical (unpaired) electrons. The predicted molar refractivity (Wildman–Crippen MR) is 85.4 cm³/mol. The Kier molecular flexibility index (Phi) is 4.48. The zero-order valence-corrected chi connectivity index (χ0v) is 15.0. The van der Waals surface area contributed by atoms with Crippen molar-refractivity contribution in [2.24, 2.45) is 5.92 Å². The van der Waals surface area contributed by atoms with Crippen LogP contribution in [0.15, 0.2) is 0 Å². The molecule has 1 N–H and O–H groups in total. The molecule has 1 saturated carbocycles. The molecular formula is C16H31NO2Si. The van der Waals surface area contributed by atoms with E-state index in [-0.39, 0.29) is 17.1 Å². The molecule has 4 atom stereocenters. The Morgan fingerprint density at radius 1 is 1.30 bits per heavy atom. The second kappa shape index (κ2) is 5.54. The molecule has 0 bridgehead atoms. The van der Waals surface area contributed by atoms with E-state index in [9.17, 15) is 4.79 Å². The van der Waals surface area contributed by atoms with Crippen molar-refractivity contribution < 1.29 is 9.22 Å². The highest BCUT2D eigenvalue weighted by Gasteiger charge is 2.45. The van der Waals surface area contributed by atoms with E-state index in [2.05, 4.69) is 46.1 Å². The van der Waals surface area contributed by atoms with Gasteiger partial charge in [-0.1, -0.05) is 20.8 Å². The third kappa shape index (κ3) is 3.17. The Bertz CT molecular complexity index is 375. The number of piperidine rings is 1. The quantitative estimate of drug-likeness (QED) is 0.793. The summed E-state index contributed by atoms with van der Waals surface area (Å²) >= 11 is 0. The molecule has 0 amide bonds. The first-order valence-corrected chi connectivity index (χ1v) is 11.0. The minimum atomic E-state index is -1.76. The smallest absolute Gasteiger partial charge is 0.192 e. The Morgan fingerprint density at radius 2 is 1.95 bits per heavy atom. The van der Waals surface area contributed by atoms with E-state index in [4.69, 9.17) is 4.43 Å². The highest BCUT2D eigenvalue weighted by atomic mass is 28.4. The lowest BCUT2D eigenvalue weighted by Crippen LogP contribution is -2.60. The minimum Gasteiger partial charge on any atom is -0.412 e. The minimum absolute atomic E-state index is 0.190. The van der Waals surface area contributed by atoms with Crippen LogP contribution in [-0.2, 0) is 9.22 Å². The molecule has 1 heterocycles. The Balaban J connectivity index is 2.07. The highest BCUT2D eigenvalue weighted by Crippen LogP contribution is 2.40. The van der Waals surface area contributed by atoms with E-state index in [0.29, 0.717) is 17.9 Å². The van der Waals surface area contributed by atoms with Crippen molar-refractivity contribution in [3.63, 3.8) is 0 Å². The topological polar surface area (TPSA) is 38.3 Å². The van der Waals surface area contributed by atoms with Gasteiger partial charge in [-0.2, -0.15) is 0 Å². The van der Waals surface area contributed by atoms with Gasteiger partial charge in [0.15, 0.2) is 8.32 Å². The summed E-state index contributed by atoms with van der Waals surface area (Å²) < 4.78 is 6.58. The number of hydrogen-bond acceptors (Lipinski definition) is 3. The lowest BCUT2D eigenvalue weighted by Gasteiger charge is -2.47. The average Bonchev–Trinajstić information content (AvgIpc) is 2.29. The Labute approximate surface area is 125 Å². The maximum Gasteiger partial charge on any atom is 0.192 e. The van der Waals surface area contributed by atoms with Crippen LogP contribution in [0.1, 0.15) is 53.4 Å². The van der Waals surface area contributed by atoms with E-state index in [0.717, 1.165) is 25.7 Å². The molecule has 1 saturated heterocycles. The highest BCUT2D eigenvalue weighted by molar-refractivity contribution is 6.74. The van der Waals surface area contributed by atoms with Crippen molar-refractivity contribution in [2.75, 3.05) is 0 Å². The molecule has 3 nitrogen and oxygen atoms in total. The van der Waals surface area contributed by atoms with Crippen LogP contribution < -0.4 is 5.32 Å². The molecule has 116 valence electrons. The van der Waals surface area contributed by atoms with E-state index in [1.54, 1.807) is 0 Å². The largest absolute Gasteiger partial charge is 0.412 e. The van der Waals surface area contributed by atoms with Crippen molar-refractivity contribution >= 4 is 14.1 Å². The third-order valence-corrected chi connectivity index (χ3v) is 10.1. The number of ketones is 1. The summed E-state index contributed by atoms with van der Waals surface area (Å²) in [5.74, 6) is 0.638. The average molecular weight is 298 g/mol. The van der Waals surface area contributed by atoms with Crippen LogP contribution in [0.5, 0.6) is 0 Å². The number of carbonyl (C=O) groups excluding carboxylic acids is 1. The number of rotatable bonds is 2. The molecule has 1 aliphatic carbocycles. The molecular weight excluding hydrogens is 266 g/mol. The molecule has 2 aliphatic rings. The van der Waals surface area contributed by atoms with Gasteiger partial charge in [-0.3, -0.25) is 4.79 Å². The molecule has 1 aliphatic heterocycles. The van der Waals surface area contributed by atoms with Crippen molar-refractivity contribution in [2.45, 2.75) is 89.7 Å². The number of Topliss-reactive ketones (excluding diaryl/α,β-unsaturated/α-hetero) is 1. The van der Waals surface area contributed by atoms with Gasteiger partial charge >= 0.3 is 0 Å². The molecule has 2 rings (SSSR count). The van der Waals surface area contributed by atoms with Crippen LogP contribution in [-0.4, -0.2) is 32.3 Å². The summed E-state index contributed by atoms with van der Waals surface area (Å²) in [4.78, 5) is 12.2. The van der Waals surface area contributed by atoms with Crippen LogP contribution in [0.2, 0.25) is 18.1 Å². The first-order valence-electron chi connectivity index (χ1n) is 8.08. The van der Waals surface area contributed by atoms with Gasteiger partial charge in [-0.05, 0) is 44.3 Å². The molecule has 0 unspecified atom stereocenters. The van der Waals surface area contributed by atoms with Gasteiger partial charge in [0.05, 0.1) is 6.10 Å². The van der Waals surface area contributed by atoms with Gasteiger partial charge in [-0.15, -0.1) is 0 Å². The molecule has 2 fully saturated rings. The van der Waals surface area contributed by atoms with Crippen molar-refractivity contribution in [3.05, 3.63) is 0 Å². The maximum atomic E-state index is 12.2. The summed E-state index contributed by atoms with van der Waals surface area (Å²) in [6.45, 7) is 13.6. The third-order valence-electron chi connectivity index (χ3n) is 5.61. The van der Waals surface area contributed by atoms with Crippen LogP contribution >= 0.6 is 0 Å². The maximum absolute atomic E-state index is 12.2. The second-order valence-electron chi connectivity index (χ2n) is 8.18. The van der Waals surface area contributed by atoms with Gasteiger partial charge in [0.2, 0.25) is 0 Å². The summed E-state index contributed by atoms with van der Waals surface area (Å²) in [5.41, 5.74) is 0. The molecule has 20 heavy (non-hydrogen) atoms. The van der Waals surface area contributed by atoms with Crippen LogP contribution in [0.4, 0.5) is 0 Å². The lowest BCUT2D eigenvalue weighted by molar-refractivity contribution is -0.128. The number of carbonyl (C=O) groups is 1. The summed E-state index contributed by atoms with van der Waals surface area (Å²) in [6.07, 6.45) is 4.08. The van der Waals surface area contributed by atoms with Crippen LogP contribution in [0.25, 0.3) is 0 Å². The first kappa shape index (κ1) is 16.2. The Morgan fingerprint density at radius 3 is 2.55 bits per heavy atom. The molecule has 0 spiro atoms. The van der Waals surface area contributed by atoms with E-state index in [1.807, 2.05) is 0 Å².